The van der Waals surface area contributed by atoms with Gasteiger partial charge >= 0.3 is 0 Å². The highest BCUT2D eigenvalue weighted by Crippen LogP contribution is 2.43. The molecule has 0 radical (unpaired) electrons. The Bertz CT molecular complexity index is 3260. The molecular weight excluding hydrogens is 727 g/mol. The molecule has 1 heterocycles. The number of furan rings is 1. The average Bonchev–Trinajstić information content (AvgIpc) is 3.72. The zero-order valence-electron chi connectivity index (χ0n) is 32.9. The van der Waals surface area contributed by atoms with Gasteiger partial charge in [-0.1, -0.05) is 200 Å². The lowest BCUT2D eigenvalue weighted by molar-refractivity contribution is 0.670. The fraction of sp³-hybridized carbons (Fsp3) is 0. The minimum atomic E-state index is 0.913. The molecule has 2 nitrogen and oxygen atoms in total. The molecular formula is C58H39NO. The molecule has 10 aromatic carbocycles. The van der Waals surface area contributed by atoms with E-state index in [4.69, 9.17) is 4.42 Å². The summed E-state index contributed by atoms with van der Waals surface area (Å²) in [5.74, 6) is 0. The molecule has 0 saturated carbocycles. The fourth-order valence-electron chi connectivity index (χ4n) is 8.68. The summed E-state index contributed by atoms with van der Waals surface area (Å²) in [6.07, 6.45) is 0. The Hall–Kier alpha value is -7.94. The first-order valence-electron chi connectivity index (χ1n) is 20.5. The molecule has 0 unspecified atom stereocenters. The summed E-state index contributed by atoms with van der Waals surface area (Å²) in [6.45, 7) is 0. The van der Waals surface area contributed by atoms with Crippen LogP contribution >= 0.6 is 0 Å². The normalized spacial score (nSPS) is 11.3. The van der Waals surface area contributed by atoms with Crippen molar-refractivity contribution in [2.45, 2.75) is 0 Å². The van der Waals surface area contributed by atoms with Gasteiger partial charge in [-0.3, -0.25) is 0 Å². The van der Waals surface area contributed by atoms with Crippen molar-refractivity contribution in [2.24, 2.45) is 0 Å². The van der Waals surface area contributed by atoms with Crippen LogP contribution in [0.3, 0.4) is 0 Å². The summed E-state index contributed by atoms with van der Waals surface area (Å²) in [5.41, 5.74) is 16.9. The first kappa shape index (κ1) is 35.2. The van der Waals surface area contributed by atoms with E-state index in [1.165, 1.54) is 44.2 Å². The quantitative estimate of drug-likeness (QED) is 0.153. The van der Waals surface area contributed by atoms with Crippen molar-refractivity contribution in [2.75, 3.05) is 4.90 Å². The van der Waals surface area contributed by atoms with Crippen molar-refractivity contribution in [3.63, 3.8) is 0 Å². The maximum Gasteiger partial charge on any atom is 0.143 e. The van der Waals surface area contributed by atoms with Crippen molar-refractivity contribution in [1.82, 2.24) is 0 Å². The standard InChI is InChI=1S/C58H39NO/c1-3-12-40(13-4-1)41-22-24-42(25-23-41)44-30-34-48(35-31-44)59(56-39-38-50(46-14-5-2-6-15-46)52-16-7-8-17-53(52)56)49-36-32-45(33-37-49)43-26-28-47(29-27-43)51-19-11-20-55-54-18-9-10-21-57(54)60-58(51)55/h1-39H. The maximum absolute atomic E-state index is 6.36. The number of fused-ring (bicyclic) bond motifs is 4. The molecule has 0 bridgehead atoms. The maximum atomic E-state index is 6.36. The van der Waals surface area contributed by atoms with Gasteiger partial charge in [0, 0.05) is 33.1 Å². The van der Waals surface area contributed by atoms with Crippen LogP contribution < -0.4 is 4.90 Å². The Morgan fingerprint density at radius 3 is 1.25 bits per heavy atom. The first-order valence-corrected chi connectivity index (χ1v) is 20.5. The minimum absolute atomic E-state index is 0.913. The van der Waals surface area contributed by atoms with Gasteiger partial charge in [0.15, 0.2) is 0 Å². The van der Waals surface area contributed by atoms with Gasteiger partial charge < -0.3 is 9.32 Å². The Balaban J connectivity index is 0.957. The van der Waals surface area contributed by atoms with Crippen LogP contribution in [0, 0.1) is 0 Å². The highest BCUT2D eigenvalue weighted by Gasteiger charge is 2.18. The van der Waals surface area contributed by atoms with Crippen LogP contribution in [0.5, 0.6) is 0 Å². The summed E-state index contributed by atoms with van der Waals surface area (Å²) in [4.78, 5) is 2.39. The Morgan fingerprint density at radius 1 is 0.250 bits per heavy atom. The monoisotopic (exact) mass is 765 g/mol. The first-order chi connectivity index (χ1) is 29.7. The second-order valence-electron chi connectivity index (χ2n) is 15.3. The lowest BCUT2D eigenvalue weighted by atomic mass is 9.96. The zero-order chi connectivity index (χ0) is 39.8. The molecule has 0 aliphatic rings. The molecule has 0 N–H and O–H groups in total. The molecule has 0 atom stereocenters. The van der Waals surface area contributed by atoms with E-state index in [2.05, 4.69) is 229 Å². The van der Waals surface area contributed by atoms with Crippen molar-refractivity contribution in [3.8, 4) is 55.6 Å². The van der Waals surface area contributed by atoms with Crippen LogP contribution in [0.2, 0.25) is 0 Å². The van der Waals surface area contributed by atoms with E-state index < -0.39 is 0 Å². The van der Waals surface area contributed by atoms with Crippen LogP contribution in [0.1, 0.15) is 0 Å². The second-order valence-corrected chi connectivity index (χ2v) is 15.3. The smallest absolute Gasteiger partial charge is 0.143 e. The number of hydrogen-bond donors (Lipinski definition) is 0. The van der Waals surface area contributed by atoms with E-state index >= 15 is 0 Å². The predicted octanol–water partition coefficient (Wildman–Crippen LogP) is 16.5. The molecule has 11 rings (SSSR count). The lowest BCUT2D eigenvalue weighted by Gasteiger charge is -2.28. The highest BCUT2D eigenvalue weighted by molar-refractivity contribution is 6.10. The third-order valence-corrected chi connectivity index (χ3v) is 11.7. The molecule has 0 amide bonds. The van der Waals surface area contributed by atoms with E-state index in [1.54, 1.807) is 0 Å². The molecule has 0 spiro atoms. The molecule has 60 heavy (non-hydrogen) atoms. The summed E-state index contributed by atoms with van der Waals surface area (Å²) in [5, 5.41) is 4.70. The number of benzene rings is 10. The fourth-order valence-corrected chi connectivity index (χ4v) is 8.68. The lowest BCUT2D eigenvalue weighted by Crippen LogP contribution is -2.10. The molecule has 0 aliphatic heterocycles. The van der Waals surface area contributed by atoms with Gasteiger partial charge in [0.25, 0.3) is 0 Å². The van der Waals surface area contributed by atoms with Gasteiger partial charge in [0.1, 0.15) is 11.2 Å². The van der Waals surface area contributed by atoms with Gasteiger partial charge in [-0.25, -0.2) is 0 Å². The van der Waals surface area contributed by atoms with Crippen LogP contribution in [0.4, 0.5) is 17.1 Å². The number of hydrogen-bond acceptors (Lipinski definition) is 2. The number of nitrogens with zero attached hydrogens (tertiary/aromatic N) is 1. The number of para-hydroxylation sites is 2. The molecule has 282 valence electrons. The van der Waals surface area contributed by atoms with Gasteiger partial charge in [-0.05, 0) is 91.9 Å². The third-order valence-electron chi connectivity index (χ3n) is 11.7. The summed E-state index contributed by atoms with van der Waals surface area (Å²) < 4.78 is 6.36. The van der Waals surface area contributed by atoms with E-state index in [0.717, 1.165) is 61.3 Å². The molecule has 1 aromatic heterocycles. The predicted molar refractivity (Wildman–Crippen MR) is 253 cm³/mol. The molecule has 0 saturated heterocycles. The van der Waals surface area contributed by atoms with E-state index in [-0.39, 0.29) is 0 Å². The molecule has 2 heteroatoms. The summed E-state index contributed by atoms with van der Waals surface area (Å²) >= 11 is 0. The Kier molecular flexibility index (Phi) is 8.87. The van der Waals surface area contributed by atoms with Crippen molar-refractivity contribution < 1.29 is 4.42 Å². The zero-order valence-corrected chi connectivity index (χ0v) is 32.9. The van der Waals surface area contributed by atoms with Crippen LogP contribution in [0.15, 0.2) is 241 Å². The van der Waals surface area contributed by atoms with Crippen LogP contribution in [-0.2, 0) is 0 Å². The van der Waals surface area contributed by atoms with E-state index in [1.807, 2.05) is 12.1 Å². The van der Waals surface area contributed by atoms with Crippen molar-refractivity contribution in [3.05, 3.63) is 237 Å². The third kappa shape index (κ3) is 6.41. The number of anilines is 3. The van der Waals surface area contributed by atoms with Gasteiger partial charge in [-0.2, -0.15) is 0 Å². The topological polar surface area (TPSA) is 16.4 Å². The van der Waals surface area contributed by atoms with Gasteiger partial charge in [-0.15, -0.1) is 0 Å². The largest absolute Gasteiger partial charge is 0.455 e. The van der Waals surface area contributed by atoms with Gasteiger partial charge in [0.2, 0.25) is 0 Å². The Labute approximate surface area is 349 Å². The summed E-state index contributed by atoms with van der Waals surface area (Å²) in [6, 6.07) is 84.8. The minimum Gasteiger partial charge on any atom is -0.455 e. The van der Waals surface area contributed by atoms with Crippen molar-refractivity contribution >= 4 is 49.8 Å². The van der Waals surface area contributed by atoms with E-state index in [0.29, 0.717) is 0 Å². The molecule has 0 aliphatic carbocycles. The molecule has 0 fully saturated rings. The van der Waals surface area contributed by atoms with E-state index in [9.17, 15) is 0 Å². The second kappa shape index (κ2) is 15.1. The van der Waals surface area contributed by atoms with Crippen LogP contribution in [-0.4, -0.2) is 0 Å². The van der Waals surface area contributed by atoms with Gasteiger partial charge in [0.05, 0.1) is 5.69 Å². The van der Waals surface area contributed by atoms with Crippen LogP contribution in [0.25, 0.3) is 88.3 Å². The SMILES string of the molecule is c1ccc(-c2ccc(-c3ccc(N(c4ccc(-c5ccc(-c6cccc7c6oc6ccccc67)cc5)cc4)c4ccc(-c5ccccc5)c5ccccc45)cc3)cc2)cc1. The molecule has 11 aromatic rings. The Morgan fingerprint density at radius 2 is 0.667 bits per heavy atom. The number of rotatable bonds is 8. The average molecular weight is 766 g/mol. The summed E-state index contributed by atoms with van der Waals surface area (Å²) in [7, 11) is 0. The highest BCUT2D eigenvalue weighted by atomic mass is 16.3. The van der Waals surface area contributed by atoms with Crippen molar-refractivity contribution in [1.29, 1.82) is 0 Å².